The average molecular weight is 402 g/mol. The number of hydrogen-bond donors (Lipinski definition) is 2. The summed E-state index contributed by atoms with van der Waals surface area (Å²) in [6, 6.07) is 9.76. The van der Waals surface area contributed by atoms with Crippen LogP contribution < -0.4 is 5.32 Å². The van der Waals surface area contributed by atoms with Crippen molar-refractivity contribution < 1.29 is 23.1 Å². The van der Waals surface area contributed by atoms with E-state index in [2.05, 4.69) is 20.3 Å². The maximum atomic E-state index is 12.8. The van der Waals surface area contributed by atoms with Gasteiger partial charge in [-0.25, -0.2) is 9.97 Å². The molecule has 0 saturated carbocycles. The molecule has 6 nitrogen and oxygen atoms in total. The summed E-state index contributed by atoms with van der Waals surface area (Å²) in [4.78, 5) is 22.4. The van der Waals surface area contributed by atoms with E-state index in [0.29, 0.717) is 17.8 Å². The summed E-state index contributed by atoms with van der Waals surface area (Å²) in [6.45, 7) is 1.85. The first-order valence-electron chi connectivity index (χ1n) is 8.67. The molecule has 9 heteroatoms. The number of nitrogens with one attached hydrogen (secondary N) is 1. The van der Waals surface area contributed by atoms with E-state index in [1.807, 2.05) is 13.0 Å². The topological polar surface area (TPSA) is 88.0 Å². The Labute approximate surface area is 164 Å². The van der Waals surface area contributed by atoms with Crippen molar-refractivity contribution in [1.29, 1.82) is 0 Å². The lowest BCUT2D eigenvalue weighted by Crippen LogP contribution is -2.10. The zero-order valence-electron chi connectivity index (χ0n) is 15.4. The number of rotatable bonds is 6. The molecule has 0 spiro atoms. The molecule has 3 aromatic rings. The quantitative estimate of drug-likeness (QED) is 0.625. The van der Waals surface area contributed by atoms with Gasteiger partial charge in [0.25, 0.3) is 0 Å². The van der Waals surface area contributed by atoms with Crippen molar-refractivity contribution in [2.24, 2.45) is 0 Å². The molecule has 150 valence electrons. The highest BCUT2D eigenvalue weighted by Crippen LogP contribution is 2.29. The molecule has 2 N–H and O–H groups in total. The molecule has 0 radical (unpaired) electrons. The number of nitrogens with zero attached hydrogens (tertiary/aromatic N) is 3. The molecular weight excluding hydrogens is 385 g/mol. The molecule has 0 fully saturated rings. The third-order valence-corrected chi connectivity index (χ3v) is 4.03. The molecule has 0 aliphatic carbocycles. The molecule has 0 unspecified atom stereocenters. The number of carboxylic acids is 1. The Morgan fingerprint density at radius 1 is 1.14 bits per heavy atom. The second kappa shape index (κ2) is 8.26. The van der Waals surface area contributed by atoms with Gasteiger partial charge in [-0.15, -0.1) is 0 Å². The van der Waals surface area contributed by atoms with Gasteiger partial charge in [-0.1, -0.05) is 6.07 Å². The number of aliphatic carboxylic acids is 1. The lowest BCUT2D eigenvalue weighted by molar-refractivity contribution is -0.141. The Balaban J connectivity index is 1.82. The lowest BCUT2D eigenvalue weighted by Gasteiger charge is -2.11. The molecule has 0 aliphatic heterocycles. The highest BCUT2D eigenvalue weighted by molar-refractivity contribution is 5.69. The van der Waals surface area contributed by atoms with Crippen LogP contribution in [0.5, 0.6) is 0 Å². The number of pyridine rings is 1. The molecule has 0 saturated heterocycles. The first kappa shape index (κ1) is 20.2. The highest BCUT2D eigenvalue weighted by Gasteiger charge is 2.32. The van der Waals surface area contributed by atoms with Gasteiger partial charge in [-0.2, -0.15) is 13.2 Å². The normalized spacial score (nSPS) is 11.3. The summed E-state index contributed by atoms with van der Waals surface area (Å²) >= 11 is 0. The van der Waals surface area contributed by atoms with Crippen LogP contribution in [0.3, 0.4) is 0 Å². The number of carbonyl (C=O) groups is 1. The molecule has 0 atom stereocenters. The van der Waals surface area contributed by atoms with Gasteiger partial charge in [0.15, 0.2) is 0 Å². The maximum absolute atomic E-state index is 12.8. The molecule has 2 heterocycles. The van der Waals surface area contributed by atoms with Crippen LogP contribution >= 0.6 is 0 Å². The molecular formula is C20H17F3N4O2. The standard InChI is InChI=1S/C20H17F3N4O2/c1-12-8-14(16-4-2-13(11-25-16)3-5-18(28)29)10-15(9-12)26-19-24-7-6-17(27-19)20(21,22)23/h2,4,6-11H,3,5H2,1H3,(H,28,29)(H,24,26,27). The average Bonchev–Trinajstić information content (AvgIpc) is 2.66. The molecule has 2 aromatic heterocycles. The number of hydrogen-bond acceptors (Lipinski definition) is 5. The van der Waals surface area contributed by atoms with Crippen molar-refractivity contribution in [3.8, 4) is 11.3 Å². The predicted molar refractivity (Wildman–Crippen MR) is 101 cm³/mol. The van der Waals surface area contributed by atoms with E-state index in [1.165, 1.54) is 0 Å². The first-order chi connectivity index (χ1) is 13.7. The molecule has 0 aliphatic rings. The van der Waals surface area contributed by atoms with Crippen LogP contribution in [0, 0.1) is 6.92 Å². The molecule has 29 heavy (non-hydrogen) atoms. The van der Waals surface area contributed by atoms with Crippen LogP contribution in [0.4, 0.5) is 24.8 Å². The van der Waals surface area contributed by atoms with Gasteiger partial charge >= 0.3 is 12.1 Å². The zero-order chi connectivity index (χ0) is 21.0. The Bertz CT molecular complexity index is 1020. The van der Waals surface area contributed by atoms with Crippen LogP contribution in [0.1, 0.15) is 23.2 Å². The number of halogens is 3. The minimum atomic E-state index is -4.55. The third-order valence-electron chi connectivity index (χ3n) is 4.03. The van der Waals surface area contributed by atoms with E-state index in [-0.39, 0.29) is 12.4 Å². The second-order valence-electron chi connectivity index (χ2n) is 6.42. The number of carboxylic acid groups (broad SMARTS) is 1. The van der Waals surface area contributed by atoms with Gasteiger partial charge in [0.05, 0.1) is 5.69 Å². The van der Waals surface area contributed by atoms with E-state index in [0.717, 1.165) is 29.0 Å². The summed E-state index contributed by atoms with van der Waals surface area (Å²) in [7, 11) is 0. The fourth-order valence-electron chi connectivity index (χ4n) is 2.70. The fraction of sp³-hybridized carbons (Fsp3) is 0.200. The minimum absolute atomic E-state index is 0.0243. The first-order valence-corrected chi connectivity index (χ1v) is 8.67. The van der Waals surface area contributed by atoms with E-state index in [9.17, 15) is 18.0 Å². The predicted octanol–water partition coefficient (Wildman–Crippen LogP) is 4.63. The molecule has 3 rings (SSSR count). The Hall–Kier alpha value is -3.49. The van der Waals surface area contributed by atoms with E-state index in [1.54, 1.807) is 30.5 Å². The Kier molecular flexibility index (Phi) is 5.76. The van der Waals surface area contributed by atoms with Gasteiger partial charge in [0.2, 0.25) is 5.95 Å². The SMILES string of the molecule is Cc1cc(Nc2nccc(C(F)(F)F)n2)cc(-c2ccc(CCC(=O)O)cn2)c1. The monoisotopic (exact) mass is 402 g/mol. The van der Waals surface area contributed by atoms with Gasteiger partial charge in [0, 0.05) is 30.1 Å². The van der Waals surface area contributed by atoms with E-state index < -0.39 is 17.8 Å². The van der Waals surface area contributed by atoms with Gasteiger partial charge in [-0.3, -0.25) is 9.78 Å². The summed E-state index contributed by atoms with van der Waals surface area (Å²) in [6.07, 6.45) is -1.48. The third kappa shape index (κ3) is 5.50. The van der Waals surface area contributed by atoms with Gasteiger partial charge in [-0.05, 0) is 54.8 Å². The summed E-state index contributed by atoms with van der Waals surface area (Å²) in [5.41, 5.74) is 2.58. The summed E-state index contributed by atoms with van der Waals surface area (Å²) in [5, 5.41) is 11.5. The largest absolute Gasteiger partial charge is 0.481 e. The van der Waals surface area contributed by atoms with Crippen LogP contribution in [0.15, 0.2) is 48.8 Å². The van der Waals surface area contributed by atoms with Crippen LogP contribution in [0.25, 0.3) is 11.3 Å². The fourth-order valence-corrected chi connectivity index (χ4v) is 2.70. The maximum Gasteiger partial charge on any atom is 0.433 e. The Morgan fingerprint density at radius 2 is 1.93 bits per heavy atom. The number of benzene rings is 1. The molecule has 0 bridgehead atoms. The highest BCUT2D eigenvalue weighted by atomic mass is 19.4. The number of aromatic nitrogens is 3. The van der Waals surface area contributed by atoms with Crippen molar-refractivity contribution in [3.63, 3.8) is 0 Å². The van der Waals surface area contributed by atoms with Crippen LogP contribution in [-0.2, 0) is 17.4 Å². The zero-order valence-corrected chi connectivity index (χ0v) is 15.4. The van der Waals surface area contributed by atoms with Gasteiger partial charge < -0.3 is 10.4 Å². The summed E-state index contributed by atoms with van der Waals surface area (Å²) in [5.74, 6) is -1.03. The van der Waals surface area contributed by atoms with Crippen molar-refractivity contribution in [3.05, 3.63) is 65.6 Å². The van der Waals surface area contributed by atoms with Crippen molar-refractivity contribution in [1.82, 2.24) is 15.0 Å². The number of anilines is 2. The van der Waals surface area contributed by atoms with E-state index >= 15 is 0 Å². The summed E-state index contributed by atoms with van der Waals surface area (Å²) < 4.78 is 38.5. The molecule has 1 aromatic carbocycles. The van der Waals surface area contributed by atoms with Crippen LogP contribution in [0.2, 0.25) is 0 Å². The molecule has 0 amide bonds. The smallest absolute Gasteiger partial charge is 0.433 e. The van der Waals surface area contributed by atoms with Crippen LogP contribution in [-0.4, -0.2) is 26.0 Å². The van der Waals surface area contributed by atoms with Crippen molar-refractivity contribution in [2.75, 3.05) is 5.32 Å². The van der Waals surface area contributed by atoms with Crippen molar-refractivity contribution in [2.45, 2.75) is 25.9 Å². The van der Waals surface area contributed by atoms with Crippen molar-refractivity contribution >= 4 is 17.6 Å². The minimum Gasteiger partial charge on any atom is -0.481 e. The lowest BCUT2D eigenvalue weighted by atomic mass is 10.1. The number of alkyl halides is 3. The second-order valence-corrected chi connectivity index (χ2v) is 6.42. The van der Waals surface area contributed by atoms with Gasteiger partial charge in [0.1, 0.15) is 5.69 Å². The van der Waals surface area contributed by atoms with E-state index in [4.69, 9.17) is 5.11 Å². The Morgan fingerprint density at radius 3 is 2.59 bits per heavy atom. The number of aryl methyl sites for hydroxylation is 2.